The second-order valence-corrected chi connectivity index (χ2v) is 12.4. The summed E-state index contributed by atoms with van der Waals surface area (Å²) in [7, 11) is 1.85. The monoisotopic (exact) mass is 610 g/mol. The third-order valence-electron chi connectivity index (χ3n) is 9.77. The number of pyridine rings is 1. The molecule has 1 unspecified atom stereocenters. The highest BCUT2D eigenvalue weighted by Crippen LogP contribution is 2.40. The van der Waals surface area contributed by atoms with E-state index in [0.717, 1.165) is 64.1 Å². The van der Waals surface area contributed by atoms with Crippen molar-refractivity contribution < 1.29 is 23.4 Å². The van der Waals surface area contributed by atoms with Crippen molar-refractivity contribution in [3.8, 4) is 11.3 Å². The van der Waals surface area contributed by atoms with Crippen molar-refractivity contribution in [2.75, 3.05) is 77.2 Å². The Morgan fingerprint density at radius 2 is 1.59 bits per heavy atom. The highest BCUT2D eigenvalue weighted by molar-refractivity contribution is 5.98. The average molecular weight is 611 g/mol. The number of aryl methyl sites for hydroxylation is 2. The molecule has 3 aromatic rings. The molecule has 13 heteroatoms. The lowest BCUT2D eigenvalue weighted by molar-refractivity contribution is -0.0317. The molecule has 0 radical (unpaired) electrons. The van der Waals surface area contributed by atoms with Crippen LogP contribution in [0.2, 0.25) is 0 Å². The number of carbonyl (C=O) groups excluding carboxylic acids is 1. The van der Waals surface area contributed by atoms with Crippen LogP contribution < -0.4 is 4.90 Å². The van der Waals surface area contributed by atoms with Gasteiger partial charge in [-0.2, -0.15) is 5.10 Å². The zero-order valence-electron chi connectivity index (χ0n) is 26.1. The van der Waals surface area contributed by atoms with Gasteiger partial charge in [-0.05, 0) is 46.0 Å². The molecule has 4 aliphatic rings. The maximum absolute atomic E-state index is 16.8. The molecule has 4 saturated heterocycles. The number of hydrogen-bond donors (Lipinski definition) is 0. The highest BCUT2D eigenvalue weighted by atomic mass is 19.1. The summed E-state index contributed by atoms with van der Waals surface area (Å²) < 4.78 is 37.9. The molecule has 0 saturated carbocycles. The van der Waals surface area contributed by atoms with Gasteiger partial charge in [0.25, 0.3) is 5.91 Å². The Kier molecular flexibility index (Phi) is 8.29. The molecule has 0 spiro atoms. The number of likely N-dealkylation sites (tertiary alicyclic amines) is 1. The number of carbonyl (C=O) groups is 1. The summed E-state index contributed by atoms with van der Waals surface area (Å²) in [6.07, 6.45) is 4.06. The maximum atomic E-state index is 16.8. The van der Waals surface area contributed by atoms with E-state index in [0.29, 0.717) is 80.2 Å². The quantitative estimate of drug-likeness (QED) is 0.431. The van der Waals surface area contributed by atoms with Crippen LogP contribution in [0.1, 0.15) is 60.3 Å². The molecule has 0 N–H and O–H groups in total. The Morgan fingerprint density at radius 1 is 0.886 bits per heavy atom. The van der Waals surface area contributed by atoms with Gasteiger partial charge in [-0.3, -0.25) is 18.9 Å². The van der Waals surface area contributed by atoms with Crippen LogP contribution in [0.25, 0.3) is 22.4 Å². The Morgan fingerprint density at radius 3 is 2.23 bits per heavy atom. The predicted molar refractivity (Wildman–Crippen MR) is 162 cm³/mol. The standard InChI is InChI=1S/C31H43FN8O4/c1-20-24(21(2)36(3)35-20)26-25(32)28(38-13-18-43-19-14-38)27-29(33-26)40(23-6-4-5-15-44-23)30(34-27)31(41)39-9-7-22(8-10-39)37-11-16-42-17-12-37/h22-23H,4-19H2,1-3H3. The van der Waals surface area contributed by atoms with Gasteiger partial charge in [-0.15, -0.1) is 0 Å². The van der Waals surface area contributed by atoms with Gasteiger partial charge < -0.3 is 24.0 Å². The smallest absolute Gasteiger partial charge is 0.290 e. The molecule has 7 rings (SSSR count). The van der Waals surface area contributed by atoms with E-state index in [2.05, 4.69) is 10.00 Å². The Labute approximate surface area is 257 Å². The first-order chi connectivity index (χ1) is 21.4. The molecule has 44 heavy (non-hydrogen) atoms. The zero-order chi connectivity index (χ0) is 30.4. The zero-order valence-corrected chi connectivity index (χ0v) is 26.1. The highest BCUT2D eigenvalue weighted by Gasteiger charge is 2.36. The van der Waals surface area contributed by atoms with Crippen molar-refractivity contribution in [2.24, 2.45) is 7.05 Å². The molecular weight excluding hydrogens is 567 g/mol. The van der Waals surface area contributed by atoms with Crippen LogP contribution >= 0.6 is 0 Å². The lowest BCUT2D eigenvalue weighted by Crippen LogP contribution is -2.50. The summed E-state index contributed by atoms with van der Waals surface area (Å²) in [6, 6.07) is 0.445. The number of imidazole rings is 1. The van der Waals surface area contributed by atoms with Crippen LogP contribution in [-0.2, 0) is 21.3 Å². The van der Waals surface area contributed by atoms with Crippen LogP contribution in [-0.4, -0.2) is 118 Å². The van der Waals surface area contributed by atoms with E-state index < -0.39 is 12.0 Å². The van der Waals surface area contributed by atoms with Crippen LogP contribution in [0, 0.1) is 19.7 Å². The minimum atomic E-state index is -0.446. The number of aromatic nitrogens is 5. The molecular formula is C31H43FN8O4. The van der Waals surface area contributed by atoms with Crippen molar-refractivity contribution in [3.63, 3.8) is 0 Å². The van der Waals surface area contributed by atoms with Crippen molar-refractivity contribution in [2.45, 2.75) is 58.2 Å². The number of piperidine rings is 1. The fourth-order valence-electron chi connectivity index (χ4n) is 7.29. The van der Waals surface area contributed by atoms with E-state index in [1.807, 2.05) is 35.3 Å². The predicted octanol–water partition coefficient (Wildman–Crippen LogP) is 3.06. The lowest BCUT2D eigenvalue weighted by atomic mass is 10.0. The number of amides is 1. The minimum absolute atomic E-state index is 0.152. The third-order valence-corrected chi connectivity index (χ3v) is 9.77. The summed E-state index contributed by atoms with van der Waals surface area (Å²) in [5.41, 5.74) is 3.65. The summed E-state index contributed by atoms with van der Waals surface area (Å²) in [4.78, 5) is 30.6. The molecule has 4 aliphatic heterocycles. The maximum Gasteiger partial charge on any atom is 0.290 e. The number of rotatable bonds is 5. The Balaban J connectivity index is 1.34. The van der Waals surface area contributed by atoms with Gasteiger partial charge in [0.15, 0.2) is 11.5 Å². The van der Waals surface area contributed by atoms with E-state index in [4.69, 9.17) is 24.2 Å². The van der Waals surface area contributed by atoms with Crippen LogP contribution in [0.3, 0.4) is 0 Å². The number of anilines is 1. The number of morpholine rings is 2. The molecule has 12 nitrogen and oxygen atoms in total. The number of ether oxygens (including phenoxy) is 3. The van der Waals surface area contributed by atoms with Gasteiger partial charge >= 0.3 is 0 Å². The minimum Gasteiger partial charge on any atom is -0.379 e. The molecule has 3 aromatic heterocycles. The van der Waals surface area contributed by atoms with Gasteiger partial charge in [0.2, 0.25) is 5.82 Å². The Hall–Kier alpha value is -3.13. The van der Waals surface area contributed by atoms with Gasteiger partial charge in [0.05, 0.1) is 32.1 Å². The normalized spacial score (nSPS) is 22.7. The molecule has 0 aliphatic carbocycles. The van der Waals surface area contributed by atoms with Gasteiger partial charge in [-0.25, -0.2) is 14.4 Å². The van der Waals surface area contributed by atoms with Crippen molar-refractivity contribution in [1.82, 2.24) is 34.1 Å². The topological polar surface area (TPSA) is 103 Å². The lowest BCUT2D eigenvalue weighted by Gasteiger charge is -2.40. The number of halogens is 1. The van der Waals surface area contributed by atoms with Crippen LogP contribution in [0.15, 0.2) is 0 Å². The average Bonchev–Trinajstić information content (AvgIpc) is 3.56. The fraction of sp³-hybridized carbons (Fsp3) is 0.677. The van der Waals surface area contributed by atoms with Crippen molar-refractivity contribution in [1.29, 1.82) is 0 Å². The molecule has 1 atom stereocenters. The summed E-state index contributed by atoms with van der Waals surface area (Å²) in [6.45, 7) is 11.1. The third kappa shape index (κ3) is 5.27. The SMILES string of the molecule is Cc1nn(C)c(C)c1-c1nc2c(nc(C(=O)N3CCC(N4CCOCC4)CC3)n2C2CCCCO2)c(N2CCOCC2)c1F. The molecule has 238 valence electrons. The molecule has 0 bridgehead atoms. The fourth-order valence-corrected chi connectivity index (χ4v) is 7.29. The first-order valence-electron chi connectivity index (χ1n) is 16.1. The summed E-state index contributed by atoms with van der Waals surface area (Å²) in [5, 5.41) is 4.56. The number of hydrogen-bond acceptors (Lipinski definition) is 9. The van der Waals surface area contributed by atoms with Gasteiger partial charge in [0, 0.05) is 70.2 Å². The van der Waals surface area contributed by atoms with E-state index in [-0.39, 0.29) is 17.4 Å². The van der Waals surface area contributed by atoms with Crippen molar-refractivity contribution >= 4 is 22.8 Å². The Bertz CT molecular complexity index is 1510. The number of nitrogens with zero attached hydrogens (tertiary/aromatic N) is 8. The molecule has 7 heterocycles. The number of fused-ring (bicyclic) bond motifs is 1. The van der Waals surface area contributed by atoms with E-state index in [1.54, 1.807) is 4.68 Å². The molecule has 4 fully saturated rings. The van der Waals surface area contributed by atoms with Gasteiger partial charge in [0.1, 0.15) is 23.1 Å². The molecule has 1 amide bonds. The van der Waals surface area contributed by atoms with E-state index in [1.165, 1.54) is 0 Å². The summed E-state index contributed by atoms with van der Waals surface area (Å²) in [5.74, 6) is -0.325. The second-order valence-electron chi connectivity index (χ2n) is 12.4. The largest absolute Gasteiger partial charge is 0.379 e. The van der Waals surface area contributed by atoms with Crippen LogP contribution in [0.4, 0.5) is 10.1 Å². The second kappa shape index (κ2) is 12.3. The van der Waals surface area contributed by atoms with Gasteiger partial charge in [-0.1, -0.05) is 0 Å². The molecule has 0 aromatic carbocycles. The summed E-state index contributed by atoms with van der Waals surface area (Å²) >= 11 is 0. The first kappa shape index (κ1) is 29.6. The van der Waals surface area contributed by atoms with Crippen LogP contribution in [0.5, 0.6) is 0 Å². The van der Waals surface area contributed by atoms with E-state index in [9.17, 15) is 4.79 Å². The van der Waals surface area contributed by atoms with Crippen molar-refractivity contribution in [3.05, 3.63) is 23.0 Å². The first-order valence-corrected chi connectivity index (χ1v) is 16.1. The van der Waals surface area contributed by atoms with E-state index >= 15 is 4.39 Å².